The zero-order valence-corrected chi connectivity index (χ0v) is 9.86. The average Bonchev–Trinajstić information content (AvgIpc) is 2.84. The Morgan fingerprint density at radius 1 is 1.40 bits per heavy atom. The van der Waals surface area contributed by atoms with E-state index in [2.05, 4.69) is 10.4 Å². The Morgan fingerprint density at radius 3 is 3.00 bits per heavy atom. The van der Waals surface area contributed by atoms with E-state index in [9.17, 15) is 0 Å². The quantitative estimate of drug-likeness (QED) is 0.725. The summed E-state index contributed by atoms with van der Waals surface area (Å²) in [6.45, 7) is 0. The summed E-state index contributed by atoms with van der Waals surface area (Å²) < 4.78 is 2.72. The molecule has 3 aromatic rings. The first-order chi connectivity index (χ1) is 7.25. The van der Waals surface area contributed by atoms with Crippen LogP contribution in [0.25, 0.3) is 15.4 Å². The van der Waals surface area contributed by atoms with Gasteiger partial charge in [0.15, 0.2) is 0 Å². The molecule has 0 unspecified atom stereocenters. The van der Waals surface area contributed by atoms with E-state index in [1.165, 1.54) is 0 Å². The first-order valence-corrected chi connectivity index (χ1v) is 6.29. The summed E-state index contributed by atoms with van der Waals surface area (Å²) in [6.07, 6.45) is 1.78. The molecular weight excluding hydrogens is 250 g/mol. The van der Waals surface area contributed by atoms with Gasteiger partial charge in [-0.25, -0.2) is 4.98 Å². The minimum absolute atomic E-state index is 0.519. The van der Waals surface area contributed by atoms with E-state index in [1.807, 2.05) is 16.5 Å². The van der Waals surface area contributed by atoms with Gasteiger partial charge < -0.3 is 5.73 Å². The number of hydrogen-bond donors (Lipinski definition) is 1. The second-order valence-corrected chi connectivity index (χ2v) is 5.62. The summed E-state index contributed by atoms with van der Waals surface area (Å²) in [7, 11) is 0. The highest BCUT2D eigenvalue weighted by atomic mass is 35.5. The molecule has 0 saturated carbocycles. The molecule has 3 nitrogen and oxygen atoms in total. The van der Waals surface area contributed by atoms with Crippen LogP contribution in [0.1, 0.15) is 0 Å². The third-order valence-electron chi connectivity index (χ3n) is 2.11. The van der Waals surface area contributed by atoms with Crippen molar-refractivity contribution in [2.75, 3.05) is 5.73 Å². The number of imidazole rings is 1. The van der Waals surface area contributed by atoms with Crippen LogP contribution >= 0.6 is 34.3 Å². The smallest absolute Gasteiger partial charge is 0.206 e. The monoisotopic (exact) mass is 255 g/mol. The van der Waals surface area contributed by atoms with Crippen LogP contribution in [0.2, 0.25) is 4.34 Å². The van der Waals surface area contributed by atoms with E-state index >= 15 is 0 Å². The maximum Gasteiger partial charge on any atom is 0.206 e. The molecule has 0 aliphatic carbocycles. The molecule has 0 atom stereocenters. The predicted molar refractivity (Wildman–Crippen MR) is 65.8 cm³/mol. The van der Waals surface area contributed by atoms with Crippen LogP contribution in [0.4, 0.5) is 5.95 Å². The molecule has 76 valence electrons. The molecule has 15 heavy (non-hydrogen) atoms. The molecule has 0 amide bonds. The zero-order valence-electron chi connectivity index (χ0n) is 7.48. The molecular formula is C9H6ClN3S2. The Hall–Kier alpha value is -1.04. The van der Waals surface area contributed by atoms with E-state index in [0.29, 0.717) is 5.95 Å². The lowest BCUT2D eigenvalue weighted by atomic mass is 10.4. The van der Waals surface area contributed by atoms with Crippen molar-refractivity contribution in [3.8, 4) is 10.6 Å². The van der Waals surface area contributed by atoms with Gasteiger partial charge in [-0.1, -0.05) is 11.6 Å². The topological polar surface area (TPSA) is 43.3 Å². The largest absolute Gasteiger partial charge is 0.369 e. The van der Waals surface area contributed by atoms with Crippen molar-refractivity contribution >= 4 is 45.1 Å². The summed E-state index contributed by atoms with van der Waals surface area (Å²) in [6, 6.07) is 3.88. The lowest BCUT2D eigenvalue weighted by Gasteiger charge is -1.96. The molecule has 0 aliphatic heterocycles. The molecule has 0 spiro atoms. The number of thiophene rings is 1. The van der Waals surface area contributed by atoms with Crippen LogP contribution in [0.15, 0.2) is 23.7 Å². The lowest BCUT2D eigenvalue weighted by molar-refractivity contribution is 1.21. The summed E-state index contributed by atoms with van der Waals surface area (Å²) in [4.78, 5) is 6.23. The van der Waals surface area contributed by atoms with Crippen LogP contribution in [-0.4, -0.2) is 9.38 Å². The highest BCUT2D eigenvalue weighted by Gasteiger charge is 2.11. The Morgan fingerprint density at radius 2 is 2.27 bits per heavy atom. The van der Waals surface area contributed by atoms with Crippen molar-refractivity contribution in [1.29, 1.82) is 0 Å². The lowest BCUT2D eigenvalue weighted by Crippen LogP contribution is -1.93. The van der Waals surface area contributed by atoms with Gasteiger partial charge in [-0.15, -0.1) is 22.7 Å². The minimum atomic E-state index is 0.519. The Balaban J connectivity index is 2.30. The highest BCUT2D eigenvalue weighted by Crippen LogP contribution is 2.34. The number of rotatable bonds is 1. The number of nitrogens with zero attached hydrogens (tertiary/aromatic N) is 2. The molecule has 0 aliphatic rings. The number of hydrogen-bond acceptors (Lipinski definition) is 4. The molecule has 0 bridgehead atoms. The average molecular weight is 256 g/mol. The van der Waals surface area contributed by atoms with Crippen molar-refractivity contribution in [2.45, 2.75) is 0 Å². The van der Waals surface area contributed by atoms with Crippen molar-refractivity contribution in [1.82, 2.24) is 9.38 Å². The van der Waals surface area contributed by atoms with E-state index in [-0.39, 0.29) is 0 Å². The van der Waals surface area contributed by atoms with Crippen LogP contribution < -0.4 is 5.73 Å². The molecule has 0 saturated heterocycles. The van der Waals surface area contributed by atoms with Gasteiger partial charge >= 0.3 is 0 Å². The van der Waals surface area contributed by atoms with Gasteiger partial charge in [0, 0.05) is 5.38 Å². The summed E-state index contributed by atoms with van der Waals surface area (Å²) in [5.74, 6) is 0.519. The third kappa shape index (κ3) is 1.35. The normalized spacial score (nSPS) is 11.3. The second kappa shape index (κ2) is 3.23. The molecule has 3 heterocycles. The number of thiazole rings is 1. The fraction of sp³-hybridized carbons (Fsp3) is 0. The van der Waals surface area contributed by atoms with Crippen molar-refractivity contribution in [3.05, 3.63) is 28.0 Å². The number of halogens is 1. The van der Waals surface area contributed by atoms with Crippen LogP contribution in [0.3, 0.4) is 0 Å². The molecule has 3 aromatic heterocycles. The molecule has 6 heteroatoms. The fourth-order valence-corrected chi connectivity index (χ4v) is 3.46. The fourth-order valence-electron chi connectivity index (χ4n) is 1.46. The summed E-state index contributed by atoms with van der Waals surface area (Å²) >= 11 is 9.07. The molecule has 3 rings (SSSR count). The number of fused-ring (bicyclic) bond motifs is 1. The Kier molecular flexibility index (Phi) is 1.98. The van der Waals surface area contributed by atoms with Gasteiger partial charge in [-0.2, -0.15) is 0 Å². The third-order valence-corrected chi connectivity index (χ3v) is 4.24. The van der Waals surface area contributed by atoms with Gasteiger partial charge in [-0.3, -0.25) is 4.40 Å². The summed E-state index contributed by atoms with van der Waals surface area (Å²) in [5.41, 5.74) is 6.85. The molecule has 0 radical (unpaired) electrons. The Labute approximate surface area is 98.8 Å². The van der Waals surface area contributed by atoms with Gasteiger partial charge in [0.05, 0.1) is 21.1 Å². The molecule has 2 N–H and O–H groups in total. The SMILES string of the molecule is Nc1ncc2scc(-c3ccc(Cl)s3)n12. The number of aromatic nitrogens is 2. The minimum Gasteiger partial charge on any atom is -0.369 e. The molecule has 0 aromatic carbocycles. The standard InChI is InChI=1S/C9H6ClN3S2/c10-7-2-1-6(15-7)5-4-14-8-3-12-9(11)13(5)8/h1-4H,(H2,11,12). The maximum absolute atomic E-state index is 5.91. The predicted octanol–water partition coefficient (Wildman–Crippen LogP) is 3.36. The maximum atomic E-state index is 5.91. The number of anilines is 1. The van der Waals surface area contributed by atoms with Crippen molar-refractivity contribution in [2.24, 2.45) is 0 Å². The number of nitrogens with two attached hydrogens (primary N) is 1. The highest BCUT2D eigenvalue weighted by molar-refractivity contribution is 7.20. The summed E-state index contributed by atoms with van der Waals surface area (Å²) in [5, 5.41) is 2.07. The second-order valence-electron chi connectivity index (χ2n) is 3.01. The first kappa shape index (κ1) is 9.21. The van der Waals surface area contributed by atoms with Crippen molar-refractivity contribution < 1.29 is 0 Å². The Bertz CT molecular complexity index is 622. The number of nitrogen functional groups attached to an aromatic ring is 1. The van der Waals surface area contributed by atoms with Gasteiger partial charge in [0.1, 0.15) is 4.83 Å². The molecule has 0 fully saturated rings. The van der Waals surface area contributed by atoms with Gasteiger partial charge in [0.2, 0.25) is 5.95 Å². The van der Waals surface area contributed by atoms with E-state index < -0.39 is 0 Å². The van der Waals surface area contributed by atoms with Crippen LogP contribution in [-0.2, 0) is 0 Å². The van der Waals surface area contributed by atoms with Gasteiger partial charge in [-0.05, 0) is 12.1 Å². The first-order valence-electron chi connectivity index (χ1n) is 4.22. The van der Waals surface area contributed by atoms with E-state index in [4.69, 9.17) is 17.3 Å². The van der Waals surface area contributed by atoms with Crippen molar-refractivity contribution in [3.63, 3.8) is 0 Å². The van der Waals surface area contributed by atoms with E-state index in [1.54, 1.807) is 28.9 Å². The van der Waals surface area contributed by atoms with Crippen LogP contribution in [0, 0.1) is 0 Å². The van der Waals surface area contributed by atoms with E-state index in [0.717, 1.165) is 19.7 Å². The zero-order chi connectivity index (χ0) is 10.4. The van der Waals surface area contributed by atoms with Gasteiger partial charge in [0.25, 0.3) is 0 Å². The van der Waals surface area contributed by atoms with Crippen LogP contribution in [0.5, 0.6) is 0 Å².